The van der Waals surface area contributed by atoms with Crippen LogP contribution in [-0.4, -0.2) is 69.8 Å². The van der Waals surface area contributed by atoms with Gasteiger partial charge in [0.2, 0.25) is 0 Å². The molecule has 4 aliphatic rings. The van der Waals surface area contributed by atoms with E-state index in [-0.39, 0.29) is 43.3 Å². The average Bonchev–Trinajstić information content (AvgIpc) is 3.68. The van der Waals surface area contributed by atoms with E-state index in [1.807, 2.05) is 12.1 Å². The van der Waals surface area contributed by atoms with Crippen LogP contribution in [0.2, 0.25) is 0 Å². The second-order valence-electron chi connectivity index (χ2n) is 17.0. The number of phenols is 1. The first kappa shape index (κ1) is 40.6. The predicted octanol–water partition coefficient (Wildman–Crippen LogP) is 6.96. The maximum Gasteiger partial charge on any atom is 0.161 e. The van der Waals surface area contributed by atoms with Gasteiger partial charge in [0.25, 0.3) is 0 Å². The van der Waals surface area contributed by atoms with Crippen LogP contribution in [0.4, 0.5) is 0 Å². The number of aromatic hydroxyl groups is 1. The smallest absolute Gasteiger partial charge is 0.161 e. The summed E-state index contributed by atoms with van der Waals surface area (Å²) < 4.78 is 21.6. The number of aromatic nitrogens is 1. The molecule has 58 heavy (non-hydrogen) atoms. The van der Waals surface area contributed by atoms with Gasteiger partial charge in [-0.2, -0.15) is 0 Å². The third kappa shape index (κ3) is 8.33. The number of benzene rings is 3. The molecule has 6 atom stereocenters. The first-order valence-electron chi connectivity index (χ1n) is 21.5. The van der Waals surface area contributed by atoms with Gasteiger partial charge in [-0.15, -0.1) is 0 Å². The summed E-state index contributed by atoms with van der Waals surface area (Å²) in [6, 6.07) is 17.0. The van der Waals surface area contributed by atoms with Crippen LogP contribution in [-0.2, 0) is 40.9 Å². The summed E-state index contributed by atoms with van der Waals surface area (Å²) in [5.41, 5.74) is 13.7. The summed E-state index contributed by atoms with van der Waals surface area (Å²) >= 11 is 0. The van der Waals surface area contributed by atoms with Crippen molar-refractivity contribution >= 4 is 16.6 Å². The van der Waals surface area contributed by atoms with E-state index >= 15 is 0 Å². The zero-order valence-corrected chi connectivity index (χ0v) is 33.9. The predicted molar refractivity (Wildman–Crippen MR) is 226 cm³/mol. The molecule has 4 aromatic rings. The molecule has 0 radical (unpaired) electrons. The Hall–Kier alpha value is -4.16. The van der Waals surface area contributed by atoms with E-state index in [4.69, 9.17) is 19.9 Å². The largest absolute Gasteiger partial charge is 0.504 e. The second kappa shape index (κ2) is 18.0. The number of fused-ring (bicyclic) bond motifs is 7. The van der Waals surface area contributed by atoms with Crippen LogP contribution >= 0.6 is 0 Å². The number of nitrogens with zero attached hydrogens (tertiary/aromatic N) is 1. The van der Waals surface area contributed by atoms with E-state index in [0.29, 0.717) is 55.6 Å². The fourth-order valence-corrected chi connectivity index (χ4v) is 10.2. The average molecular weight is 792 g/mol. The second-order valence-corrected chi connectivity index (χ2v) is 17.0. The fourth-order valence-electron chi connectivity index (χ4n) is 10.2. The van der Waals surface area contributed by atoms with Crippen LogP contribution in [0.15, 0.2) is 78.6 Å². The number of phenolic OH excluding ortho intramolecular Hbond substituents is 1. The number of dihydropyridines is 1. The molecule has 0 amide bonds. The van der Waals surface area contributed by atoms with Crippen molar-refractivity contribution in [2.75, 3.05) is 26.4 Å². The SMILES string of the molecule is CCC(CCCO)CCC1CC(O)CCc2cc(c(O)cc2CO)OCc2cc(C34CCOCC3CCc3ccccc34)cc3cn(cc23)C2=C(C=CC(N)N2)CO1. The van der Waals surface area contributed by atoms with Crippen molar-refractivity contribution in [1.82, 2.24) is 9.88 Å². The molecule has 7 N–H and O–H groups in total. The maximum atomic E-state index is 11.5. The van der Waals surface area contributed by atoms with Crippen LogP contribution in [0.1, 0.15) is 98.1 Å². The van der Waals surface area contributed by atoms with Crippen LogP contribution in [0.25, 0.3) is 16.6 Å². The Morgan fingerprint density at radius 2 is 1.86 bits per heavy atom. The molecule has 6 unspecified atom stereocenters. The molecular formula is C48H61N3O7. The third-order valence-corrected chi connectivity index (χ3v) is 13.5. The van der Waals surface area contributed by atoms with Gasteiger partial charge in [-0.25, -0.2) is 0 Å². The normalized spacial score (nSPS) is 25.5. The molecule has 8 rings (SSSR count). The molecule has 4 heterocycles. The number of aliphatic hydroxyl groups is 3. The van der Waals surface area contributed by atoms with E-state index in [0.717, 1.165) is 91.3 Å². The highest BCUT2D eigenvalue weighted by atomic mass is 16.5. The standard InChI is InChI=1S/C48H61N3O7/c1-2-31(6-5-18-52)9-15-41-24-40(54)14-11-33-23-45(44(55)22-36(33)27-53)58-29-37-21-39(48-17-19-56-30-38(48)13-10-32-7-3-4-8-43(32)48)20-35-25-51(26-42(35)37)47-34(28-57-41)12-16-46(49)50-47/h3-4,7-8,12,16,20-23,25-26,31,38,40-41,46,50,52-55H,2,5-6,9-11,13-15,17-19,24,27-30,49H2,1H3. The number of hydrogen-bond donors (Lipinski definition) is 6. The fraction of sp³-hybridized carbons (Fsp3) is 0.500. The molecule has 1 aromatic heterocycles. The topological polar surface area (TPSA) is 152 Å². The first-order valence-corrected chi connectivity index (χ1v) is 21.5. The maximum absolute atomic E-state index is 11.5. The lowest BCUT2D eigenvalue weighted by molar-refractivity contribution is 0.00498. The van der Waals surface area contributed by atoms with Crippen molar-refractivity contribution in [3.8, 4) is 11.5 Å². The summed E-state index contributed by atoms with van der Waals surface area (Å²) in [5, 5.41) is 48.1. The van der Waals surface area contributed by atoms with Gasteiger partial charge >= 0.3 is 0 Å². The highest BCUT2D eigenvalue weighted by Crippen LogP contribution is 2.52. The van der Waals surface area contributed by atoms with E-state index in [1.165, 1.54) is 16.7 Å². The van der Waals surface area contributed by atoms with Crippen molar-refractivity contribution in [3.05, 3.63) is 112 Å². The number of hydrogen-bond acceptors (Lipinski definition) is 9. The summed E-state index contributed by atoms with van der Waals surface area (Å²) in [6.45, 7) is 4.10. The molecule has 10 heteroatoms. The molecule has 1 saturated heterocycles. The summed E-state index contributed by atoms with van der Waals surface area (Å²) in [7, 11) is 0. The summed E-state index contributed by atoms with van der Waals surface area (Å²) in [6.07, 6.45) is 16.0. The van der Waals surface area contributed by atoms with Crippen molar-refractivity contribution in [2.24, 2.45) is 17.6 Å². The minimum atomic E-state index is -0.644. The van der Waals surface area contributed by atoms with Crippen molar-refractivity contribution in [3.63, 3.8) is 0 Å². The molecule has 10 nitrogen and oxygen atoms in total. The molecule has 310 valence electrons. The zero-order chi connectivity index (χ0) is 40.2. The van der Waals surface area contributed by atoms with Gasteiger partial charge in [-0.3, -0.25) is 0 Å². The molecule has 3 aliphatic heterocycles. The number of rotatable bonds is 9. The van der Waals surface area contributed by atoms with Crippen molar-refractivity contribution in [1.29, 1.82) is 0 Å². The van der Waals surface area contributed by atoms with Crippen molar-refractivity contribution < 1.29 is 34.6 Å². The minimum Gasteiger partial charge on any atom is -0.504 e. The Morgan fingerprint density at radius 3 is 2.71 bits per heavy atom. The van der Waals surface area contributed by atoms with E-state index in [2.05, 4.69) is 71.7 Å². The molecule has 1 aliphatic carbocycles. The van der Waals surface area contributed by atoms with E-state index in [9.17, 15) is 20.4 Å². The molecule has 0 saturated carbocycles. The molecule has 4 bridgehead atoms. The van der Waals surface area contributed by atoms with Gasteiger partial charge in [-0.05, 0) is 134 Å². The Morgan fingerprint density at radius 1 is 1.00 bits per heavy atom. The Balaban J connectivity index is 1.24. The monoisotopic (exact) mass is 791 g/mol. The lowest BCUT2D eigenvalue weighted by atomic mass is 9.57. The van der Waals surface area contributed by atoms with Crippen LogP contribution in [0.5, 0.6) is 11.5 Å². The Bertz CT molecular complexity index is 2130. The number of nitrogens with one attached hydrogen (secondary N) is 1. The number of aryl methyl sites for hydroxylation is 2. The lowest BCUT2D eigenvalue weighted by Crippen LogP contribution is -2.47. The van der Waals surface area contributed by atoms with E-state index in [1.54, 1.807) is 6.07 Å². The highest BCUT2D eigenvalue weighted by Gasteiger charge is 2.47. The van der Waals surface area contributed by atoms with E-state index < -0.39 is 6.10 Å². The number of nitrogens with two attached hydrogens (primary N) is 1. The lowest BCUT2D eigenvalue weighted by Gasteiger charge is -2.49. The van der Waals surface area contributed by atoms with Crippen LogP contribution < -0.4 is 15.8 Å². The first-order chi connectivity index (χ1) is 28.3. The minimum absolute atomic E-state index is 0.0286. The van der Waals surface area contributed by atoms with Crippen LogP contribution in [0.3, 0.4) is 0 Å². The van der Waals surface area contributed by atoms with Gasteiger partial charge in [0.15, 0.2) is 11.5 Å². The summed E-state index contributed by atoms with van der Waals surface area (Å²) in [4.78, 5) is 0. The van der Waals surface area contributed by atoms with Crippen molar-refractivity contribution in [2.45, 2.75) is 115 Å². The zero-order valence-electron chi connectivity index (χ0n) is 33.9. The van der Waals surface area contributed by atoms with Gasteiger partial charge in [0, 0.05) is 47.4 Å². The van der Waals surface area contributed by atoms with Crippen LogP contribution in [0, 0.1) is 11.8 Å². The molecular weight excluding hydrogens is 731 g/mol. The number of aliphatic hydroxyl groups excluding tert-OH is 3. The van der Waals surface area contributed by atoms with Gasteiger partial charge < -0.3 is 50.3 Å². The quantitative estimate of drug-likeness (QED) is 0.106. The highest BCUT2D eigenvalue weighted by molar-refractivity contribution is 5.88. The molecule has 1 fully saturated rings. The van der Waals surface area contributed by atoms with Gasteiger partial charge in [-0.1, -0.05) is 49.8 Å². The van der Waals surface area contributed by atoms with Gasteiger partial charge in [0.1, 0.15) is 12.4 Å². The molecule has 0 spiro atoms. The third-order valence-electron chi connectivity index (χ3n) is 13.5. The number of ether oxygens (including phenoxy) is 3. The Kier molecular flexibility index (Phi) is 12.6. The molecule has 3 aromatic carbocycles. The summed E-state index contributed by atoms with van der Waals surface area (Å²) in [5.74, 6) is 1.96. The van der Waals surface area contributed by atoms with Gasteiger partial charge in [0.05, 0.1) is 38.2 Å². The Labute approximate surface area is 342 Å².